The molecule has 0 amide bonds. The molecule has 0 atom stereocenters. The number of carbonyl (C=O) groups is 1. The number of hydrogen-bond acceptors (Lipinski definition) is 2. The summed E-state index contributed by atoms with van der Waals surface area (Å²) in [7, 11) is 0. The van der Waals surface area contributed by atoms with Crippen molar-refractivity contribution in [1.29, 1.82) is 0 Å². The molecule has 56 valence electrons. The Bertz CT molecular complexity index is 143. The van der Waals surface area contributed by atoms with Gasteiger partial charge < -0.3 is 5.73 Å². The second-order valence-electron chi connectivity index (χ2n) is 2.76. The topological polar surface area (TPSA) is 43.1 Å². The van der Waals surface area contributed by atoms with Gasteiger partial charge in [-0.05, 0) is 18.8 Å². The third kappa shape index (κ3) is 1.95. The predicted molar refractivity (Wildman–Crippen MR) is 40.5 cm³/mol. The van der Waals surface area contributed by atoms with E-state index in [9.17, 15) is 4.79 Å². The summed E-state index contributed by atoms with van der Waals surface area (Å²) < 4.78 is 0. The zero-order valence-electron chi connectivity index (χ0n) is 6.05. The largest absolute Gasteiger partial charge is 0.324 e. The van der Waals surface area contributed by atoms with Gasteiger partial charge in [-0.15, -0.1) is 0 Å². The van der Waals surface area contributed by atoms with Gasteiger partial charge in [0.25, 0.3) is 0 Å². The van der Waals surface area contributed by atoms with Crippen molar-refractivity contribution >= 4 is 5.78 Å². The van der Waals surface area contributed by atoms with Gasteiger partial charge in [0, 0.05) is 6.42 Å². The third-order valence-electron chi connectivity index (χ3n) is 1.85. The summed E-state index contributed by atoms with van der Waals surface area (Å²) in [6, 6.07) is 0. The van der Waals surface area contributed by atoms with Crippen LogP contribution in [-0.2, 0) is 4.79 Å². The van der Waals surface area contributed by atoms with Crippen molar-refractivity contribution < 1.29 is 4.79 Å². The van der Waals surface area contributed by atoms with Gasteiger partial charge in [0.15, 0.2) is 0 Å². The molecule has 0 unspecified atom stereocenters. The first-order valence-electron chi connectivity index (χ1n) is 3.69. The molecule has 0 saturated carbocycles. The molecule has 0 spiro atoms. The molecule has 10 heavy (non-hydrogen) atoms. The second kappa shape index (κ2) is 3.52. The summed E-state index contributed by atoms with van der Waals surface area (Å²) in [6.07, 6.45) is 7.06. The molecule has 0 heterocycles. The number of nitrogens with two attached hydrogens (primary N) is 1. The molecular weight excluding hydrogens is 126 g/mol. The molecule has 0 aromatic heterocycles. The fourth-order valence-electron chi connectivity index (χ4n) is 1.25. The Labute approximate surface area is 61.1 Å². The van der Waals surface area contributed by atoms with E-state index in [-0.39, 0.29) is 12.3 Å². The molecule has 2 N–H and O–H groups in total. The summed E-state index contributed by atoms with van der Waals surface area (Å²) in [5.41, 5.74) is 5.18. The Balaban J connectivity index is 2.19. The predicted octanol–water partition coefficient (Wildman–Crippen LogP) is 0.870. The van der Waals surface area contributed by atoms with Gasteiger partial charge in [-0.25, -0.2) is 0 Å². The lowest BCUT2D eigenvalue weighted by molar-refractivity contribution is -0.118. The maximum absolute atomic E-state index is 10.8. The van der Waals surface area contributed by atoms with Crippen LogP contribution in [0.3, 0.4) is 0 Å². The second-order valence-corrected chi connectivity index (χ2v) is 2.76. The number of allylic oxidation sites excluding steroid dienone is 2. The van der Waals surface area contributed by atoms with Gasteiger partial charge in [0.1, 0.15) is 5.78 Å². The molecule has 1 rings (SSSR count). The van der Waals surface area contributed by atoms with E-state index < -0.39 is 0 Å². The van der Waals surface area contributed by atoms with E-state index in [0.29, 0.717) is 12.3 Å². The van der Waals surface area contributed by atoms with Crippen molar-refractivity contribution in [3.8, 4) is 0 Å². The number of ketones is 1. The smallest absolute Gasteiger partial charge is 0.146 e. The van der Waals surface area contributed by atoms with Gasteiger partial charge in [-0.3, -0.25) is 4.79 Å². The van der Waals surface area contributed by atoms with Gasteiger partial charge in [-0.1, -0.05) is 12.2 Å². The number of carbonyl (C=O) groups excluding carboxylic acids is 1. The van der Waals surface area contributed by atoms with Crippen molar-refractivity contribution in [3.63, 3.8) is 0 Å². The molecule has 1 aliphatic carbocycles. The van der Waals surface area contributed by atoms with Crippen LogP contribution in [0.1, 0.15) is 19.3 Å². The lowest BCUT2D eigenvalue weighted by Crippen LogP contribution is -2.16. The van der Waals surface area contributed by atoms with E-state index in [2.05, 4.69) is 12.2 Å². The average Bonchev–Trinajstić information content (AvgIpc) is 2.40. The molecule has 0 radical (unpaired) electrons. The minimum absolute atomic E-state index is 0.189. The van der Waals surface area contributed by atoms with Crippen LogP contribution in [0.25, 0.3) is 0 Å². The molecule has 0 saturated heterocycles. The highest BCUT2D eigenvalue weighted by atomic mass is 16.1. The Hall–Kier alpha value is -0.630. The first-order valence-corrected chi connectivity index (χ1v) is 3.69. The van der Waals surface area contributed by atoms with Crippen LogP contribution in [0, 0.1) is 5.92 Å². The van der Waals surface area contributed by atoms with Crippen LogP contribution in [0.4, 0.5) is 0 Å². The molecule has 0 fully saturated rings. The van der Waals surface area contributed by atoms with Gasteiger partial charge in [-0.2, -0.15) is 0 Å². The van der Waals surface area contributed by atoms with E-state index in [1.807, 2.05) is 0 Å². The lowest BCUT2D eigenvalue weighted by Gasteiger charge is -2.04. The van der Waals surface area contributed by atoms with Crippen LogP contribution < -0.4 is 5.73 Å². The van der Waals surface area contributed by atoms with Crippen LogP contribution in [-0.4, -0.2) is 12.3 Å². The molecular formula is C8H13NO. The quantitative estimate of drug-likeness (QED) is 0.589. The van der Waals surface area contributed by atoms with Crippen LogP contribution in [0.2, 0.25) is 0 Å². The van der Waals surface area contributed by atoms with E-state index in [1.54, 1.807) is 0 Å². The highest BCUT2D eigenvalue weighted by Gasteiger charge is 2.12. The van der Waals surface area contributed by atoms with Crippen molar-refractivity contribution in [2.24, 2.45) is 11.7 Å². The van der Waals surface area contributed by atoms with Crippen LogP contribution >= 0.6 is 0 Å². The summed E-state index contributed by atoms with van der Waals surface area (Å²) in [5, 5.41) is 0. The fraction of sp³-hybridized carbons (Fsp3) is 0.625. The number of rotatable bonds is 3. The molecule has 1 aliphatic rings. The Kier molecular flexibility index (Phi) is 2.63. The summed E-state index contributed by atoms with van der Waals surface area (Å²) >= 11 is 0. The monoisotopic (exact) mass is 139 g/mol. The molecule has 2 heteroatoms. The van der Waals surface area contributed by atoms with Gasteiger partial charge in [0.2, 0.25) is 0 Å². The van der Waals surface area contributed by atoms with Crippen molar-refractivity contribution in [2.75, 3.05) is 6.54 Å². The normalized spacial score (nSPS) is 18.1. The Morgan fingerprint density at radius 1 is 1.50 bits per heavy atom. The zero-order valence-corrected chi connectivity index (χ0v) is 6.05. The SMILES string of the molecule is NCC(=O)CC1CC=CC1. The van der Waals surface area contributed by atoms with Crippen molar-refractivity contribution in [3.05, 3.63) is 12.2 Å². The molecule has 0 bridgehead atoms. The average molecular weight is 139 g/mol. The Morgan fingerprint density at radius 2 is 2.10 bits per heavy atom. The van der Waals surface area contributed by atoms with E-state index in [4.69, 9.17) is 5.73 Å². The van der Waals surface area contributed by atoms with Crippen molar-refractivity contribution in [1.82, 2.24) is 0 Å². The first-order chi connectivity index (χ1) is 4.83. The van der Waals surface area contributed by atoms with E-state index >= 15 is 0 Å². The van der Waals surface area contributed by atoms with Crippen LogP contribution in [0.15, 0.2) is 12.2 Å². The first kappa shape index (κ1) is 7.48. The molecule has 2 nitrogen and oxygen atoms in total. The minimum atomic E-state index is 0.189. The zero-order chi connectivity index (χ0) is 7.40. The fourth-order valence-corrected chi connectivity index (χ4v) is 1.25. The van der Waals surface area contributed by atoms with E-state index in [1.165, 1.54) is 0 Å². The maximum Gasteiger partial charge on any atom is 0.146 e. The highest BCUT2D eigenvalue weighted by Crippen LogP contribution is 2.20. The van der Waals surface area contributed by atoms with E-state index in [0.717, 1.165) is 12.8 Å². The summed E-state index contributed by atoms with van der Waals surface area (Å²) in [5.74, 6) is 0.741. The highest BCUT2D eigenvalue weighted by molar-refractivity contribution is 5.80. The molecule has 0 aliphatic heterocycles. The lowest BCUT2D eigenvalue weighted by atomic mass is 10.0. The maximum atomic E-state index is 10.8. The standard InChI is InChI=1S/C8H13NO/c9-6-8(10)5-7-3-1-2-4-7/h1-2,7H,3-6,9H2. The molecule has 0 aromatic rings. The summed E-state index contributed by atoms with van der Waals surface area (Å²) in [6.45, 7) is 0.205. The number of hydrogen-bond donors (Lipinski definition) is 1. The Morgan fingerprint density at radius 3 is 2.60 bits per heavy atom. The minimum Gasteiger partial charge on any atom is -0.324 e. The van der Waals surface area contributed by atoms with Crippen LogP contribution in [0.5, 0.6) is 0 Å². The molecule has 0 aromatic carbocycles. The van der Waals surface area contributed by atoms with Crippen molar-refractivity contribution in [2.45, 2.75) is 19.3 Å². The number of Topliss-reactive ketones (excluding diaryl/α,β-unsaturated/α-hetero) is 1. The third-order valence-corrected chi connectivity index (χ3v) is 1.85. The summed E-state index contributed by atoms with van der Waals surface area (Å²) in [4.78, 5) is 10.8. The van der Waals surface area contributed by atoms with Gasteiger partial charge in [0.05, 0.1) is 6.54 Å². The van der Waals surface area contributed by atoms with Gasteiger partial charge >= 0.3 is 0 Å².